The van der Waals surface area contributed by atoms with E-state index in [1.54, 1.807) is 21.3 Å². The van der Waals surface area contributed by atoms with Crippen molar-refractivity contribution in [3.05, 3.63) is 30.3 Å². The number of carbonyl (C=O) groups is 1. The first-order valence-corrected chi connectivity index (χ1v) is 15.8. The number of carbonyl (C=O) groups excluding carboxylic acids is 1. The van der Waals surface area contributed by atoms with Gasteiger partial charge in [0.1, 0.15) is 0 Å². The van der Waals surface area contributed by atoms with Gasteiger partial charge in [-0.2, -0.15) is 0 Å². The van der Waals surface area contributed by atoms with Crippen molar-refractivity contribution in [1.82, 2.24) is 0 Å². The van der Waals surface area contributed by atoms with Crippen molar-refractivity contribution in [1.29, 1.82) is 0 Å². The van der Waals surface area contributed by atoms with Crippen molar-refractivity contribution in [2.75, 3.05) is 39.3 Å². The lowest BCUT2D eigenvalue weighted by atomic mass is 10.2. The molecular weight excluding hydrogens is 438 g/mol. The normalized spacial score (nSPS) is 12.6. The van der Waals surface area contributed by atoms with Crippen LogP contribution in [-0.4, -0.2) is 57.5 Å². The van der Waals surface area contributed by atoms with E-state index in [1.165, 1.54) is 0 Å². The van der Waals surface area contributed by atoms with Crippen molar-refractivity contribution in [2.45, 2.75) is 77.1 Å². The Balaban J connectivity index is 2.87. The molecule has 0 heterocycles. The summed E-state index contributed by atoms with van der Waals surface area (Å²) < 4.78 is 23.0. The number of hydrogen-bond donors (Lipinski definition) is 0. The van der Waals surface area contributed by atoms with Crippen molar-refractivity contribution >= 4 is 28.8 Å². The van der Waals surface area contributed by atoms with Crippen LogP contribution in [-0.2, 0) is 22.5 Å². The molecule has 1 rings (SSSR count). The van der Waals surface area contributed by atoms with E-state index >= 15 is 0 Å². The molecule has 0 aliphatic rings. The molecule has 0 fully saturated rings. The van der Waals surface area contributed by atoms with Gasteiger partial charge in [-0.15, -0.1) is 0 Å². The second-order valence-corrected chi connectivity index (χ2v) is 17.7. The fourth-order valence-electron chi connectivity index (χ4n) is 4.88. The number of hydrogen-bond acceptors (Lipinski definition) is 6. The van der Waals surface area contributed by atoms with E-state index in [2.05, 4.69) is 58.6 Å². The summed E-state index contributed by atoms with van der Waals surface area (Å²) >= 11 is 0. The quantitative estimate of drug-likeness (QED) is 0.291. The highest BCUT2D eigenvalue weighted by Gasteiger charge is 2.48. The molecule has 0 unspecified atom stereocenters. The minimum Gasteiger partial charge on any atom is -0.518 e. The Morgan fingerprint density at radius 1 is 0.844 bits per heavy atom. The Kier molecular flexibility index (Phi) is 12.2. The molecule has 0 N–H and O–H groups in total. The molecule has 1 aromatic rings. The second-order valence-electron chi connectivity index (χ2n) is 9.26. The molecule has 0 aromatic heterocycles. The first-order chi connectivity index (χ1) is 15.1. The molecule has 0 saturated carbocycles. The number of anilines is 1. The highest BCUT2D eigenvalue weighted by atomic mass is 28.4. The maximum absolute atomic E-state index is 13.0. The van der Waals surface area contributed by atoms with Gasteiger partial charge < -0.3 is 22.6 Å². The lowest BCUT2D eigenvalue weighted by molar-refractivity contribution is -0.135. The van der Waals surface area contributed by atoms with E-state index in [0.29, 0.717) is 35.6 Å². The minimum atomic E-state index is -2.61. The third-order valence-electron chi connectivity index (χ3n) is 6.55. The third-order valence-corrected chi connectivity index (χ3v) is 15.4. The van der Waals surface area contributed by atoms with E-state index in [0.717, 1.165) is 18.7 Å². The molecule has 0 aliphatic heterocycles. The van der Waals surface area contributed by atoms with Crippen LogP contribution in [0, 0.1) is 0 Å². The maximum atomic E-state index is 13.0. The summed E-state index contributed by atoms with van der Waals surface area (Å²) in [6, 6.07) is 10.9. The SMILES string of the molecule is CO[Si](CCCN(CCC(=O)O[Si](C(C)C)(C(C)C)C(C)C)c1ccccc1)(OC)OC. The van der Waals surface area contributed by atoms with Crippen molar-refractivity contribution in [3.63, 3.8) is 0 Å². The Morgan fingerprint density at radius 3 is 1.78 bits per heavy atom. The zero-order chi connectivity index (χ0) is 24.4. The fourth-order valence-corrected chi connectivity index (χ4v) is 11.8. The third kappa shape index (κ3) is 7.41. The largest absolute Gasteiger partial charge is 0.518 e. The molecule has 32 heavy (non-hydrogen) atoms. The molecule has 1 aromatic carbocycles. The van der Waals surface area contributed by atoms with Gasteiger partial charge >= 0.3 is 8.80 Å². The zero-order valence-electron chi connectivity index (χ0n) is 21.6. The maximum Gasteiger partial charge on any atom is 0.500 e. The summed E-state index contributed by atoms with van der Waals surface area (Å²) in [5, 5.41) is 0. The monoisotopic (exact) mass is 483 g/mol. The molecule has 6 nitrogen and oxygen atoms in total. The smallest absolute Gasteiger partial charge is 0.500 e. The van der Waals surface area contributed by atoms with Gasteiger partial charge in [-0.05, 0) is 35.2 Å². The molecule has 0 radical (unpaired) electrons. The molecule has 0 aliphatic carbocycles. The number of benzene rings is 1. The van der Waals surface area contributed by atoms with Gasteiger partial charge in [0.25, 0.3) is 14.3 Å². The van der Waals surface area contributed by atoms with Crippen LogP contribution >= 0.6 is 0 Å². The summed E-state index contributed by atoms with van der Waals surface area (Å²) in [6.45, 7) is 14.6. The standard InChI is InChI=1S/C24H45NO5Si2/c1-20(2)32(21(3)4,22(5)6)30-24(26)16-18-25(23-14-11-10-12-15-23)17-13-19-31(27-7,28-8)29-9/h10-12,14-15,20-22H,13,16-19H2,1-9H3. The molecule has 0 amide bonds. The average Bonchev–Trinajstić information content (AvgIpc) is 2.77. The van der Waals surface area contributed by atoms with Crippen LogP contribution in [0.25, 0.3) is 0 Å². The van der Waals surface area contributed by atoms with Crippen LogP contribution in [0.4, 0.5) is 5.69 Å². The van der Waals surface area contributed by atoms with Gasteiger partial charge in [0.05, 0.1) is 6.42 Å². The first kappa shape index (κ1) is 28.8. The van der Waals surface area contributed by atoms with Crippen molar-refractivity contribution in [3.8, 4) is 0 Å². The van der Waals surface area contributed by atoms with E-state index < -0.39 is 17.1 Å². The summed E-state index contributed by atoms with van der Waals surface area (Å²) in [7, 11) is 0.0808. The molecule has 0 bridgehead atoms. The summed E-state index contributed by atoms with van der Waals surface area (Å²) in [4.78, 5) is 15.3. The molecule has 0 saturated heterocycles. The van der Waals surface area contributed by atoms with E-state index in [9.17, 15) is 4.79 Å². The summed E-state index contributed by atoms with van der Waals surface area (Å²) in [5.74, 6) is -0.0805. The molecule has 0 atom stereocenters. The number of nitrogens with zero attached hydrogens (tertiary/aromatic N) is 1. The lowest BCUT2D eigenvalue weighted by Gasteiger charge is -2.41. The molecule has 184 valence electrons. The summed E-state index contributed by atoms with van der Waals surface area (Å²) in [6.07, 6.45) is 1.21. The van der Waals surface area contributed by atoms with Gasteiger partial charge in [0.15, 0.2) is 0 Å². The van der Waals surface area contributed by atoms with Crippen molar-refractivity contribution < 1.29 is 22.5 Å². The van der Waals surface area contributed by atoms with E-state index in [4.69, 9.17) is 17.7 Å². The zero-order valence-corrected chi connectivity index (χ0v) is 23.6. The Hall–Kier alpha value is -1.20. The Labute approximate surface area is 198 Å². The predicted octanol–water partition coefficient (Wildman–Crippen LogP) is 5.87. The fraction of sp³-hybridized carbons (Fsp3) is 0.708. The highest BCUT2D eigenvalue weighted by molar-refractivity contribution is 6.78. The Morgan fingerprint density at radius 2 is 1.34 bits per heavy atom. The Bertz CT molecular complexity index is 636. The second kappa shape index (κ2) is 13.5. The van der Waals surface area contributed by atoms with Gasteiger partial charge in [0, 0.05) is 46.2 Å². The number of para-hydroxylation sites is 1. The predicted molar refractivity (Wildman–Crippen MR) is 137 cm³/mol. The van der Waals surface area contributed by atoms with E-state index in [1.807, 2.05) is 18.2 Å². The van der Waals surface area contributed by atoms with Crippen molar-refractivity contribution in [2.24, 2.45) is 0 Å². The van der Waals surface area contributed by atoms with Crippen LogP contribution in [0.15, 0.2) is 30.3 Å². The van der Waals surface area contributed by atoms with Crippen LogP contribution in [0.1, 0.15) is 54.4 Å². The van der Waals surface area contributed by atoms with Gasteiger partial charge in [-0.25, -0.2) is 0 Å². The van der Waals surface area contributed by atoms with Crippen LogP contribution in [0.5, 0.6) is 0 Å². The van der Waals surface area contributed by atoms with Gasteiger partial charge in [-0.3, -0.25) is 4.79 Å². The molecule has 8 heteroatoms. The molecule has 0 spiro atoms. The topological polar surface area (TPSA) is 57.2 Å². The minimum absolute atomic E-state index is 0.0805. The van der Waals surface area contributed by atoms with Crippen LogP contribution in [0.2, 0.25) is 22.7 Å². The van der Waals surface area contributed by atoms with Crippen LogP contribution in [0.3, 0.4) is 0 Å². The first-order valence-electron chi connectivity index (χ1n) is 11.8. The van der Waals surface area contributed by atoms with Gasteiger partial charge in [-0.1, -0.05) is 59.7 Å². The molecular formula is C24H45NO5Si2. The summed E-state index contributed by atoms with van der Waals surface area (Å²) in [5.41, 5.74) is 2.24. The average molecular weight is 484 g/mol. The highest BCUT2D eigenvalue weighted by Crippen LogP contribution is 2.42. The number of rotatable bonds is 15. The lowest BCUT2D eigenvalue weighted by Crippen LogP contribution is -2.49. The van der Waals surface area contributed by atoms with E-state index in [-0.39, 0.29) is 5.97 Å². The van der Waals surface area contributed by atoms with Crippen LogP contribution < -0.4 is 4.90 Å². The van der Waals surface area contributed by atoms with Gasteiger partial charge in [0.2, 0.25) is 0 Å².